The fourth-order valence-corrected chi connectivity index (χ4v) is 3.30. The van der Waals surface area contributed by atoms with E-state index in [0.717, 1.165) is 5.56 Å². The molecule has 0 aromatic heterocycles. The molecule has 3 amide bonds. The molecule has 0 aliphatic rings. The zero-order valence-electron chi connectivity index (χ0n) is 20.2. The summed E-state index contributed by atoms with van der Waals surface area (Å²) in [7, 11) is 0. The predicted molar refractivity (Wildman–Crippen MR) is 131 cm³/mol. The topological polar surface area (TPSA) is 87.7 Å². The molecule has 2 N–H and O–H groups in total. The van der Waals surface area contributed by atoms with Crippen molar-refractivity contribution in [3.8, 4) is 0 Å². The zero-order chi connectivity index (χ0) is 24.7. The number of rotatable bonds is 8. The van der Waals surface area contributed by atoms with E-state index in [1.807, 2.05) is 45.9 Å². The second-order valence-electron chi connectivity index (χ2n) is 9.72. The Morgan fingerprint density at radius 3 is 2.28 bits per heavy atom. The average Bonchev–Trinajstić information content (AvgIpc) is 2.62. The summed E-state index contributed by atoms with van der Waals surface area (Å²) < 4.78 is 5.28. The fourth-order valence-electron chi connectivity index (χ4n) is 3.05. The number of carbonyl (C=O) groups is 3. The number of nitrogens with one attached hydrogen (secondary N) is 2. The molecule has 0 radical (unpaired) electrons. The monoisotopic (exact) mass is 463 g/mol. The molecule has 32 heavy (non-hydrogen) atoms. The van der Waals surface area contributed by atoms with Crippen molar-refractivity contribution < 1.29 is 19.1 Å². The molecule has 0 saturated carbocycles. The van der Waals surface area contributed by atoms with Crippen LogP contribution in [0.3, 0.4) is 0 Å². The molecule has 1 aromatic rings. The molecule has 0 spiro atoms. The van der Waals surface area contributed by atoms with Crippen LogP contribution >= 0.6 is 12.6 Å². The number of thiol groups is 1. The number of hydrogen-bond acceptors (Lipinski definition) is 5. The van der Waals surface area contributed by atoms with E-state index in [1.54, 1.807) is 32.9 Å². The molecular formula is C24H37N3O4S. The summed E-state index contributed by atoms with van der Waals surface area (Å²) in [5, 5.41) is 5.53. The van der Waals surface area contributed by atoms with Gasteiger partial charge >= 0.3 is 6.09 Å². The van der Waals surface area contributed by atoms with Crippen LogP contribution in [0.15, 0.2) is 36.9 Å². The molecule has 0 saturated heterocycles. The second kappa shape index (κ2) is 11.4. The van der Waals surface area contributed by atoms with Gasteiger partial charge in [0, 0.05) is 17.8 Å². The molecular weight excluding hydrogens is 426 g/mol. The Kier molecular flexibility index (Phi) is 9.82. The maximum absolute atomic E-state index is 13.5. The van der Waals surface area contributed by atoms with Crippen LogP contribution in [0.25, 0.3) is 0 Å². The molecule has 178 valence electrons. The van der Waals surface area contributed by atoms with Crippen molar-refractivity contribution in [2.24, 2.45) is 0 Å². The van der Waals surface area contributed by atoms with Crippen molar-refractivity contribution in [3.05, 3.63) is 48.0 Å². The first-order chi connectivity index (χ1) is 14.7. The number of nitrogens with zero attached hydrogens (tertiary/aromatic N) is 1. The van der Waals surface area contributed by atoms with Crippen LogP contribution in [0.2, 0.25) is 0 Å². The number of benzene rings is 1. The van der Waals surface area contributed by atoms with Gasteiger partial charge in [0.2, 0.25) is 11.8 Å². The molecule has 2 atom stereocenters. The van der Waals surface area contributed by atoms with Gasteiger partial charge in [-0.15, -0.1) is 6.58 Å². The van der Waals surface area contributed by atoms with Gasteiger partial charge < -0.3 is 20.3 Å². The quantitative estimate of drug-likeness (QED) is 0.404. The highest BCUT2D eigenvalue weighted by molar-refractivity contribution is 7.80. The summed E-state index contributed by atoms with van der Waals surface area (Å²) in [4.78, 5) is 40.5. The number of ether oxygens (including phenoxy) is 1. The first-order valence-corrected chi connectivity index (χ1v) is 11.2. The van der Waals surface area contributed by atoms with Gasteiger partial charge in [0.05, 0.1) is 0 Å². The van der Waals surface area contributed by atoms with Gasteiger partial charge in [-0.25, -0.2) is 4.79 Å². The smallest absolute Gasteiger partial charge is 0.408 e. The Balaban J connectivity index is 3.36. The van der Waals surface area contributed by atoms with E-state index in [0.29, 0.717) is 5.56 Å². The summed E-state index contributed by atoms with van der Waals surface area (Å²) in [6.45, 7) is 16.6. The van der Waals surface area contributed by atoms with Gasteiger partial charge in [-0.05, 0) is 54.0 Å². The lowest BCUT2D eigenvalue weighted by Crippen LogP contribution is -2.55. The Hall–Kier alpha value is -2.48. The van der Waals surface area contributed by atoms with E-state index in [1.165, 1.54) is 4.90 Å². The summed E-state index contributed by atoms with van der Waals surface area (Å²) in [6.07, 6.45) is 0.823. The zero-order valence-corrected chi connectivity index (χ0v) is 21.1. The van der Waals surface area contributed by atoms with Crippen molar-refractivity contribution in [1.29, 1.82) is 0 Å². The Bertz CT molecular complexity index is 827. The third kappa shape index (κ3) is 8.94. The first kappa shape index (κ1) is 27.6. The lowest BCUT2D eigenvalue weighted by Gasteiger charge is -2.35. The van der Waals surface area contributed by atoms with Crippen LogP contribution < -0.4 is 10.6 Å². The standard InChI is InChI=1S/C24H37N3O4S/c1-9-13-27(21(29)18(15-32)25-22(30)31-24(6,7)8)19(20(28)26-23(3,4)5)17-12-10-11-16(2)14-17/h9-12,14,18-19,32H,1,13,15H2,2-8H3,(H,25,30)(H,26,28). The summed E-state index contributed by atoms with van der Waals surface area (Å²) in [5.74, 6) is -0.748. The summed E-state index contributed by atoms with van der Waals surface area (Å²) >= 11 is 4.25. The Morgan fingerprint density at radius 1 is 1.19 bits per heavy atom. The van der Waals surface area contributed by atoms with Gasteiger partial charge in [-0.2, -0.15) is 12.6 Å². The second-order valence-corrected chi connectivity index (χ2v) is 10.1. The van der Waals surface area contributed by atoms with Gasteiger partial charge in [0.1, 0.15) is 17.7 Å². The van der Waals surface area contributed by atoms with E-state index in [4.69, 9.17) is 4.74 Å². The largest absolute Gasteiger partial charge is 0.444 e. The van der Waals surface area contributed by atoms with Crippen molar-refractivity contribution in [2.75, 3.05) is 12.3 Å². The summed E-state index contributed by atoms with van der Waals surface area (Å²) in [6, 6.07) is 5.54. The number of hydrogen-bond donors (Lipinski definition) is 3. The molecule has 0 aliphatic heterocycles. The first-order valence-electron chi connectivity index (χ1n) is 10.6. The minimum atomic E-state index is -0.983. The van der Waals surface area contributed by atoms with Crippen molar-refractivity contribution in [1.82, 2.24) is 15.5 Å². The minimum Gasteiger partial charge on any atom is -0.444 e. The van der Waals surface area contributed by atoms with Gasteiger partial charge in [0.15, 0.2) is 0 Å². The molecule has 0 aliphatic carbocycles. The van der Waals surface area contributed by atoms with Crippen LogP contribution in [0, 0.1) is 6.92 Å². The van der Waals surface area contributed by atoms with Crippen molar-refractivity contribution >= 4 is 30.5 Å². The molecule has 0 heterocycles. The molecule has 1 aromatic carbocycles. The minimum absolute atomic E-state index is 0.0349. The van der Waals surface area contributed by atoms with E-state index >= 15 is 0 Å². The van der Waals surface area contributed by atoms with Crippen LogP contribution in [0.1, 0.15) is 58.7 Å². The average molecular weight is 464 g/mol. The molecule has 0 fully saturated rings. The third-order valence-electron chi connectivity index (χ3n) is 4.20. The van der Waals surface area contributed by atoms with E-state index in [2.05, 4.69) is 29.8 Å². The van der Waals surface area contributed by atoms with Crippen LogP contribution in [0.5, 0.6) is 0 Å². The number of aryl methyl sites for hydroxylation is 1. The molecule has 2 unspecified atom stereocenters. The molecule has 7 nitrogen and oxygen atoms in total. The van der Waals surface area contributed by atoms with Crippen LogP contribution in [-0.4, -0.2) is 52.3 Å². The lowest BCUT2D eigenvalue weighted by molar-refractivity contribution is -0.142. The number of carbonyl (C=O) groups excluding carboxylic acids is 3. The van der Waals surface area contributed by atoms with Gasteiger partial charge in [-0.1, -0.05) is 35.9 Å². The Labute approximate surface area is 197 Å². The summed E-state index contributed by atoms with van der Waals surface area (Å²) in [5.41, 5.74) is 0.405. The van der Waals surface area contributed by atoms with E-state index in [-0.39, 0.29) is 18.2 Å². The highest BCUT2D eigenvalue weighted by Crippen LogP contribution is 2.24. The molecule has 1 rings (SSSR count). The SMILES string of the molecule is C=CCN(C(=O)C(CS)NC(=O)OC(C)(C)C)C(C(=O)NC(C)(C)C)c1cccc(C)c1. The van der Waals surface area contributed by atoms with Gasteiger partial charge in [0.25, 0.3) is 0 Å². The Morgan fingerprint density at radius 2 is 1.81 bits per heavy atom. The van der Waals surface area contributed by atoms with Crippen molar-refractivity contribution in [2.45, 2.75) is 71.7 Å². The maximum atomic E-state index is 13.5. The molecule has 8 heteroatoms. The number of amides is 3. The number of alkyl carbamates (subject to hydrolysis) is 1. The van der Waals surface area contributed by atoms with Crippen LogP contribution in [0.4, 0.5) is 4.79 Å². The third-order valence-corrected chi connectivity index (χ3v) is 4.56. The van der Waals surface area contributed by atoms with Gasteiger partial charge in [-0.3, -0.25) is 9.59 Å². The fraction of sp³-hybridized carbons (Fsp3) is 0.542. The highest BCUT2D eigenvalue weighted by atomic mass is 32.1. The van der Waals surface area contributed by atoms with Crippen LogP contribution in [-0.2, 0) is 14.3 Å². The molecule has 0 bridgehead atoms. The van der Waals surface area contributed by atoms with E-state index in [9.17, 15) is 14.4 Å². The van der Waals surface area contributed by atoms with Crippen molar-refractivity contribution in [3.63, 3.8) is 0 Å². The maximum Gasteiger partial charge on any atom is 0.408 e. The normalized spacial score (nSPS) is 13.5. The highest BCUT2D eigenvalue weighted by Gasteiger charge is 2.36. The predicted octanol–water partition coefficient (Wildman–Crippen LogP) is 3.79. The lowest BCUT2D eigenvalue weighted by atomic mass is 9.99. The van der Waals surface area contributed by atoms with E-state index < -0.39 is 35.2 Å².